The molecular formula is C12H22N2O2S. The highest BCUT2D eigenvalue weighted by Gasteiger charge is 2.49. The maximum Gasteiger partial charge on any atom is 0.151 e. The molecule has 4 nitrogen and oxygen atoms in total. The lowest BCUT2D eigenvalue weighted by atomic mass is 9.80. The van der Waals surface area contributed by atoms with E-state index >= 15 is 0 Å². The van der Waals surface area contributed by atoms with Gasteiger partial charge in [-0.25, -0.2) is 8.42 Å². The Morgan fingerprint density at radius 3 is 2.41 bits per heavy atom. The molecule has 3 rings (SSSR count). The number of piperidine rings is 2. The van der Waals surface area contributed by atoms with E-state index in [4.69, 9.17) is 0 Å². The molecule has 1 unspecified atom stereocenters. The van der Waals surface area contributed by atoms with Crippen molar-refractivity contribution in [3.8, 4) is 0 Å². The zero-order valence-electron chi connectivity index (χ0n) is 10.3. The van der Waals surface area contributed by atoms with E-state index < -0.39 is 9.84 Å². The summed E-state index contributed by atoms with van der Waals surface area (Å²) in [4.78, 5) is 2.57. The predicted octanol–water partition coefficient (Wildman–Crippen LogP) is 0.249. The third-order valence-corrected chi connectivity index (χ3v) is 6.80. The standard InChI is InChI=1S/C12H22N2O2S/c15-17(16)9-12(10-17)3-6-14(7-4-12)11-2-1-5-13-8-11/h11,13H,1-10H2. The summed E-state index contributed by atoms with van der Waals surface area (Å²) in [6.45, 7) is 4.47. The van der Waals surface area contributed by atoms with E-state index in [2.05, 4.69) is 10.2 Å². The van der Waals surface area contributed by atoms with Gasteiger partial charge in [0.25, 0.3) is 0 Å². The van der Waals surface area contributed by atoms with E-state index in [1.54, 1.807) is 0 Å². The Hall–Kier alpha value is -0.130. The number of likely N-dealkylation sites (tertiary alicyclic amines) is 1. The average molecular weight is 258 g/mol. The van der Waals surface area contributed by atoms with Crippen molar-refractivity contribution in [2.24, 2.45) is 5.41 Å². The van der Waals surface area contributed by atoms with Gasteiger partial charge in [-0.1, -0.05) is 0 Å². The molecule has 0 radical (unpaired) electrons. The Morgan fingerprint density at radius 2 is 1.88 bits per heavy atom. The fourth-order valence-corrected chi connectivity index (χ4v) is 6.05. The zero-order chi connectivity index (χ0) is 11.9. The molecule has 5 heteroatoms. The van der Waals surface area contributed by atoms with Crippen LogP contribution in [-0.2, 0) is 9.84 Å². The molecule has 0 bridgehead atoms. The smallest absolute Gasteiger partial charge is 0.151 e. The van der Waals surface area contributed by atoms with Crippen molar-refractivity contribution in [1.82, 2.24) is 10.2 Å². The Labute approximate surface area is 104 Å². The van der Waals surface area contributed by atoms with Crippen molar-refractivity contribution in [2.75, 3.05) is 37.7 Å². The van der Waals surface area contributed by atoms with Crippen LogP contribution in [-0.4, -0.2) is 57.0 Å². The van der Waals surface area contributed by atoms with Crippen LogP contribution in [0.25, 0.3) is 0 Å². The van der Waals surface area contributed by atoms with Crippen LogP contribution in [0.4, 0.5) is 0 Å². The van der Waals surface area contributed by atoms with Gasteiger partial charge in [0.15, 0.2) is 9.84 Å². The molecule has 0 aliphatic carbocycles. The van der Waals surface area contributed by atoms with E-state index in [0.717, 1.165) is 39.0 Å². The van der Waals surface area contributed by atoms with Crippen LogP contribution in [0.3, 0.4) is 0 Å². The van der Waals surface area contributed by atoms with Gasteiger partial charge in [0, 0.05) is 18.0 Å². The van der Waals surface area contributed by atoms with Gasteiger partial charge in [0.1, 0.15) is 0 Å². The van der Waals surface area contributed by atoms with Crippen LogP contribution in [0.2, 0.25) is 0 Å². The molecule has 3 aliphatic rings. The Kier molecular flexibility index (Phi) is 2.96. The summed E-state index contributed by atoms with van der Waals surface area (Å²) in [5.74, 6) is 0.910. The Morgan fingerprint density at radius 1 is 1.18 bits per heavy atom. The van der Waals surface area contributed by atoms with Gasteiger partial charge < -0.3 is 5.32 Å². The molecule has 0 saturated carbocycles. The molecule has 3 saturated heterocycles. The first-order chi connectivity index (χ1) is 8.09. The Bertz CT molecular complexity index is 365. The molecule has 3 aliphatic heterocycles. The molecule has 0 amide bonds. The monoisotopic (exact) mass is 258 g/mol. The molecule has 98 valence electrons. The molecule has 0 aromatic heterocycles. The number of sulfone groups is 1. The minimum atomic E-state index is -2.66. The SMILES string of the molecule is O=S1(=O)CC2(CCN(C3CCCNC3)CC2)C1. The molecule has 1 atom stereocenters. The van der Waals surface area contributed by atoms with Gasteiger partial charge in [-0.3, -0.25) is 4.90 Å². The summed E-state index contributed by atoms with van der Waals surface area (Å²) in [5.41, 5.74) is 0.164. The average Bonchev–Trinajstić information content (AvgIpc) is 2.29. The molecule has 3 fully saturated rings. The topological polar surface area (TPSA) is 49.4 Å². The van der Waals surface area contributed by atoms with E-state index in [1.807, 2.05) is 0 Å². The second kappa shape index (κ2) is 4.21. The van der Waals surface area contributed by atoms with Gasteiger partial charge >= 0.3 is 0 Å². The largest absolute Gasteiger partial charge is 0.315 e. The van der Waals surface area contributed by atoms with E-state index in [-0.39, 0.29) is 5.41 Å². The Balaban J connectivity index is 1.54. The summed E-state index contributed by atoms with van der Waals surface area (Å²) in [7, 11) is -2.66. The lowest BCUT2D eigenvalue weighted by molar-refractivity contribution is 0.0778. The highest BCUT2D eigenvalue weighted by molar-refractivity contribution is 7.92. The molecule has 1 spiro atoms. The van der Waals surface area contributed by atoms with Crippen LogP contribution < -0.4 is 5.32 Å². The maximum absolute atomic E-state index is 11.3. The summed E-state index contributed by atoms with van der Waals surface area (Å²) < 4.78 is 22.6. The zero-order valence-corrected chi connectivity index (χ0v) is 11.1. The lowest BCUT2D eigenvalue weighted by Gasteiger charge is -2.49. The van der Waals surface area contributed by atoms with Crippen LogP contribution >= 0.6 is 0 Å². The first-order valence-corrected chi connectivity index (χ1v) is 8.56. The number of nitrogens with one attached hydrogen (secondary N) is 1. The molecule has 0 aromatic rings. The molecule has 17 heavy (non-hydrogen) atoms. The molecule has 3 heterocycles. The van der Waals surface area contributed by atoms with Crippen LogP contribution in [0.15, 0.2) is 0 Å². The van der Waals surface area contributed by atoms with Crippen LogP contribution in [0.5, 0.6) is 0 Å². The lowest BCUT2D eigenvalue weighted by Crippen LogP contribution is -2.57. The summed E-state index contributed by atoms with van der Waals surface area (Å²) in [6.07, 6.45) is 4.75. The fraction of sp³-hybridized carbons (Fsp3) is 1.00. The van der Waals surface area contributed by atoms with Crippen molar-refractivity contribution in [1.29, 1.82) is 0 Å². The number of rotatable bonds is 1. The van der Waals surface area contributed by atoms with Crippen molar-refractivity contribution in [2.45, 2.75) is 31.7 Å². The van der Waals surface area contributed by atoms with E-state index in [0.29, 0.717) is 17.5 Å². The third kappa shape index (κ3) is 2.37. The van der Waals surface area contributed by atoms with E-state index in [9.17, 15) is 8.42 Å². The number of hydrogen-bond acceptors (Lipinski definition) is 4. The second-order valence-electron chi connectivity index (χ2n) is 6.07. The highest BCUT2D eigenvalue weighted by atomic mass is 32.2. The molecule has 1 N–H and O–H groups in total. The van der Waals surface area contributed by atoms with Gasteiger partial charge in [0.05, 0.1) is 11.5 Å². The van der Waals surface area contributed by atoms with Gasteiger partial charge in [-0.15, -0.1) is 0 Å². The normalized spacial score (nSPS) is 36.6. The molecular weight excluding hydrogens is 236 g/mol. The minimum absolute atomic E-state index is 0.164. The fourth-order valence-electron chi connectivity index (χ4n) is 3.69. The molecule has 0 aromatic carbocycles. The second-order valence-corrected chi connectivity index (χ2v) is 8.13. The van der Waals surface area contributed by atoms with Crippen LogP contribution in [0.1, 0.15) is 25.7 Å². The summed E-state index contributed by atoms with van der Waals surface area (Å²) in [5, 5.41) is 3.46. The maximum atomic E-state index is 11.3. The van der Waals surface area contributed by atoms with Crippen LogP contribution in [0, 0.1) is 5.41 Å². The highest BCUT2D eigenvalue weighted by Crippen LogP contribution is 2.42. The number of hydrogen-bond donors (Lipinski definition) is 1. The van der Waals surface area contributed by atoms with Crippen molar-refractivity contribution >= 4 is 9.84 Å². The third-order valence-electron chi connectivity index (χ3n) is 4.70. The minimum Gasteiger partial charge on any atom is -0.315 e. The first kappa shape index (κ1) is 11.9. The summed E-state index contributed by atoms with van der Waals surface area (Å²) >= 11 is 0. The summed E-state index contributed by atoms with van der Waals surface area (Å²) in [6, 6.07) is 0.692. The van der Waals surface area contributed by atoms with Crippen molar-refractivity contribution in [3.63, 3.8) is 0 Å². The van der Waals surface area contributed by atoms with Crippen molar-refractivity contribution in [3.05, 3.63) is 0 Å². The first-order valence-electron chi connectivity index (χ1n) is 6.74. The van der Waals surface area contributed by atoms with Crippen molar-refractivity contribution < 1.29 is 8.42 Å². The van der Waals surface area contributed by atoms with E-state index in [1.165, 1.54) is 12.8 Å². The quantitative estimate of drug-likeness (QED) is 0.732. The van der Waals surface area contributed by atoms with Gasteiger partial charge in [-0.2, -0.15) is 0 Å². The predicted molar refractivity (Wildman–Crippen MR) is 67.8 cm³/mol. The van der Waals surface area contributed by atoms with Gasteiger partial charge in [0.2, 0.25) is 0 Å². The van der Waals surface area contributed by atoms with Gasteiger partial charge in [-0.05, 0) is 45.3 Å². The number of nitrogens with zero attached hydrogens (tertiary/aromatic N) is 1.